The lowest BCUT2D eigenvalue weighted by atomic mass is 10.3. The molecule has 1 fully saturated rings. The fourth-order valence-corrected chi connectivity index (χ4v) is 3.30. The average Bonchev–Trinajstić information content (AvgIpc) is 2.65. The van der Waals surface area contributed by atoms with Crippen LogP contribution in [0.4, 0.5) is 11.8 Å². The molecule has 0 aliphatic carbocycles. The molecule has 3 rings (SSSR count). The Bertz CT molecular complexity index is 800. The van der Waals surface area contributed by atoms with Crippen molar-refractivity contribution in [2.24, 2.45) is 0 Å². The van der Waals surface area contributed by atoms with E-state index in [-0.39, 0.29) is 5.91 Å². The number of ether oxygens (including phenoxy) is 1. The molecule has 26 heavy (non-hydrogen) atoms. The number of hydrogen-bond donors (Lipinski definition) is 1. The first-order valence-electron chi connectivity index (χ1n) is 8.19. The van der Waals surface area contributed by atoms with Gasteiger partial charge in [0.1, 0.15) is 5.82 Å². The molecule has 2 aromatic rings. The highest BCUT2D eigenvalue weighted by Crippen LogP contribution is 2.31. The molecule has 0 aromatic carbocycles. The highest BCUT2D eigenvalue weighted by Gasteiger charge is 2.18. The quantitative estimate of drug-likeness (QED) is 0.629. The maximum Gasteiger partial charge on any atom is 0.248 e. The number of nitrogens with zero attached hydrogens (tertiary/aromatic N) is 5. The van der Waals surface area contributed by atoms with Gasteiger partial charge < -0.3 is 15.0 Å². The number of rotatable bonds is 5. The Hall–Kier alpha value is -2.52. The fourth-order valence-electron chi connectivity index (χ4n) is 2.47. The van der Waals surface area contributed by atoms with E-state index >= 15 is 0 Å². The molecule has 0 spiro atoms. The highest BCUT2D eigenvalue weighted by atomic mass is 32.2. The van der Waals surface area contributed by atoms with Gasteiger partial charge in [0, 0.05) is 19.3 Å². The third-order valence-corrected chi connectivity index (χ3v) is 4.92. The van der Waals surface area contributed by atoms with Crippen molar-refractivity contribution >= 4 is 29.4 Å². The van der Waals surface area contributed by atoms with Crippen LogP contribution in [-0.2, 0) is 9.53 Å². The van der Waals surface area contributed by atoms with Gasteiger partial charge in [-0.3, -0.25) is 4.79 Å². The van der Waals surface area contributed by atoms with Gasteiger partial charge in [0.15, 0.2) is 5.16 Å². The van der Waals surface area contributed by atoms with E-state index in [0.717, 1.165) is 35.3 Å². The zero-order chi connectivity index (χ0) is 18.5. The molecular formula is C17H20N6O2S. The van der Waals surface area contributed by atoms with E-state index < -0.39 is 0 Å². The molecule has 1 aliphatic heterocycles. The number of carbonyl (C=O) groups excluding carboxylic acids is 1. The van der Waals surface area contributed by atoms with Crippen LogP contribution in [0.2, 0.25) is 0 Å². The Labute approximate surface area is 156 Å². The second-order valence-corrected chi connectivity index (χ2v) is 6.62. The second-order valence-electron chi connectivity index (χ2n) is 5.64. The van der Waals surface area contributed by atoms with Crippen LogP contribution in [0, 0.1) is 13.8 Å². The molecule has 1 aliphatic rings. The van der Waals surface area contributed by atoms with Gasteiger partial charge in [-0.1, -0.05) is 6.58 Å². The van der Waals surface area contributed by atoms with Crippen LogP contribution in [0.1, 0.15) is 11.4 Å². The number of aromatic nitrogens is 4. The average molecular weight is 372 g/mol. The minimum Gasteiger partial charge on any atom is -0.378 e. The molecule has 0 atom stereocenters. The summed E-state index contributed by atoms with van der Waals surface area (Å²) >= 11 is 1.38. The second kappa shape index (κ2) is 8.24. The van der Waals surface area contributed by atoms with Gasteiger partial charge >= 0.3 is 0 Å². The van der Waals surface area contributed by atoms with Crippen molar-refractivity contribution in [2.75, 3.05) is 36.5 Å². The summed E-state index contributed by atoms with van der Waals surface area (Å²) in [6.45, 7) is 10.3. The molecule has 0 radical (unpaired) electrons. The van der Waals surface area contributed by atoms with E-state index in [2.05, 4.69) is 36.7 Å². The van der Waals surface area contributed by atoms with E-state index in [0.29, 0.717) is 24.2 Å². The van der Waals surface area contributed by atoms with Crippen molar-refractivity contribution in [3.8, 4) is 0 Å². The lowest BCUT2D eigenvalue weighted by molar-refractivity contribution is -0.111. The zero-order valence-corrected chi connectivity index (χ0v) is 15.5. The summed E-state index contributed by atoms with van der Waals surface area (Å²) in [4.78, 5) is 32.3. The van der Waals surface area contributed by atoms with E-state index in [1.807, 2.05) is 13.8 Å². The molecule has 0 unspecified atom stereocenters. The molecule has 2 aromatic heterocycles. The predicted octanol–water partition coefficient (Wildman–Crippen LogP) is 2.00. The SMILES string of the molecule is C=CC(=O)Nc1ccnc(Sc2c(C)nc(N3CCOCC3)nc2C)n1. The number of aryl methyl sites for hydroxylation is 2. The largest absolute Gasteiger partial charge is 0.378 e. The smallest absolute Gasteiger partial charge is 0.248 e. The highest BCUT2D eigenvalue weighted by molar-refractivity contribution is 7.99. The monoisotopic (exact) mass is 372 g/mol. The minimum atomic E-state index is -0.315. The van der Waals surface area contributed by atoms with Crippen molar-refractivity contribution in [1.29, 1.82) is 0 Å². The summed E-state index contributed by atoms with van der Waals surface area (Å²) in [6.07, 6.45) is 2.79. The third-order valence-electron chi connectivity index (χ3n) is 3.75. The number of carbonyl (C=O) groups is 1. The maximum atomic E-state index is 11.4. The van der Waals surface area contributed by atoms with E-state index in [4.69, 9.17) is 4.74 Å². The number of morpholine rings is 1. The van der Waals surface area contributed by atoms with E-state index in [9.17, 15) is 4.79 Å². The molecule has 0 bridgehead atoms. The lowest BCUT2D eigenvalue weighted by Gasteiger charge is -2.27. The lowest BCUT2D eigenvalue weighted by Crippen LogP contribution is -2.37. The van der Waals surface area contributed by atoms with Gasteiger partial charge in [-0.15, -0.1) is 0 Å². The van der Waals surface area contributed by atoms with Gasteiger partial charge in [-0.05, 0) is 37.8 Å². The van der Waals surface area contributed by atoms with E-state index in [1.165, 1.54) is 17.8 Å². The molecule has 0 saturated carbocycles. The van der Waals surface area contributed by atoms with Crippen LogP contribution in [0.5, 0.6) is 0 Å². The summed E-state index contributed by atoms with van der Waals surface area (Å²) in [7, 11) is 0. The van der Waals surface area contributed by atoms with Gasteiger partial charge in [-0.2, -0.15) is 0 Å². The van der Waals surface area contributed by atoms with Crippen LogP contribution in [-0.4, -0.2) is 52.1 Å². The Kier molecular flexibility index (Phi) is 5.79. The Balaban J connectivity index is 1.80. The molecule has 1 amide bonds. The van der Waals surface area contributed by atoms with Crippen LogP contribution < -0.4 is 10.2 Å². The first kappa shape index (κ1) is 18.3. The van der Waals surface area contributed by atoms with Crippen LogP contribution >= 0.6 is 11.8 Å². The molecule has 8 nitrogen and oxygen atoms in total. The van der Waals surface area contributed by atoms with Gasteiger partial charge in [0.05, 0.1) is 29.5 Å². The summed E-state index contributed by atoms with van der Waals surface area (Å²) in [5.41, 5.74) is 1.74. The topological polar surface area (TPSA) is 93.1 Å². The summed E-state index contributed by atoms with van der Waals surface area (Å²) in [5.74, 6) is 0.833. The Morgan fingerprint density at radius 1 is 1.27 bits per heavy atom. The summed E-state index contributed by atoms with van der Waals surface area (Å²) in [5, 5.41) is 3.14. The van der Waals surface area contributed by atoms with Crippen molar-refractivity contribution in [2.45, 2.75) is 23.9 Å². The van der Waals surface area contributed by atoms with Gasteiger partial charge in [0.25, 0.3) is 0 Å². The third kappa shape index (κ3) is 4.36. The Morgan fingerprint density at radius 3 is 2.62 bits per heavy atom. The molecule has 1 N–H and O–H groups in total. The minimum absolute atomic E-state index is 0.315. The molecular weight excluding hydrogens is 352 g/mol. The Morgan fingerprint density at radius 2 is 1.96 bits per heavy atom. The van der Waals surface area contributed by atoms with Crippen molar-refractivity contribution in [3.05, 3.63) is 36.3 Å². The van der Waals surface area contributed by atoms with E-state index in [1.54, 1.807) is 12.3 Å². The van der Waals surface area contributed by atoms with Gasteiger partial charge in [0.2, 0.25) is 11.9 Å². The maximum absolute atomic E-state index is 11.4. The zero-order valence-electron chi connectivity index (χ0n) is 14.7. The first-order valence-corrected chi connectivity index (χ1v) is 9.00. The molecule has 136 valence electrons. The van der Waals surface area contributed by atoms with Crippen LogP contribution in [0.25, 0.3) is 0 Å². The first-order chi connectivity index (χ1) is 12.6. The van der Waals surface area contributed by atoms with Crippen molar-refractivity contribution < 1.29 is 9.53 Å². The van der Waals surface area contributed by atoms with Crippen LogP contribution in [0.3, 0.4) is 0 Å². The number of nitrogens with one attached hydrogen (secondary N) is 1. The van der Waals surface area contributed by atoms with Crippen molar-refractivity contribution in [1.82, 2.24) is 19.9 Å². The van der Waals surface area contributed by atoms with Gasteiger partial charge in [-0.25, -0.2) is 19.9 Å². The summed E-state index contributed by atoms with van der Waals surface area (Å²) in [6, 6.07) is 1.63. The number of amides is 1. The standard InChI is InChI=1S/C17H20N6O2S/c1-4-14(24)21-13-5-6-18-17(22-13)26-15-11(2)19-16(20-12(15)3)23-7-9-25-10-8-23/h4-6H,1,7-10H2,2-3H3,(H,18,21,22,24). The number of anilines is 2. The van der Waals surface area contributed by atoms with Crippen LogP contribution in [0.15, 0.2) is 35.0 Å². The molecule has 3 heterocycles. The fraction of sp³-hybridized carbons (Fsp3) is 0.353. The predicted molar refractivity (Wildman–Crippen MR) is 99.5 cm³/mol. The summed E-state index contributed by atoms with van der Waals surface area (Å²) < 4.78 is 5.38. The molecule has 9 heteroatoms. The molecule has 1 saturated heterocycles. The normalized spacial score (nSPS) is 14.2. The number of hydrogen-bond acceptors (Lipinski definition) is 8. The van der Waals surface area contributed by atoms with Crippen molar-refractivity contribution in [3.63, 3.8) is 0 Å².